The van der Waals surface area contributed by atoms with Crippen LogP contribution in [0.1, 0.15) is 49.8 Å². The van der Waals surface area contributed by atoms with Crippen molar-refractivity contribution < 1.29 is 4.74 Å². The van der Waals surface area contributed by atoms with Crippen molar-refractivity contribution in [2.24, 2.45) is 23.2 Å². The Bertz CT molecular complexity index is 542. The molecular formula is C20H30ClNOS. The molecule has 2 nitrogen and oxygen atoms in total. The number of ether oxygens (including phenoxy) is 1. The fraction of sp³-hybridized carbons (Fsp3) is 0.800. The summed E-state index contributed by atoms with van der Waals surface area (Å²) in [5, 5.41) is 2.30. The SMILES string of the molecule is CC(N1CCOCC1)C12CC3CC(CC(C3)C1c1cccs1)C2.Cl. The van der Waals surface area contributed by atoms with Gasteiger partial charge in [0.1, 0.15) is 0 Å². The van der Waals surface area contributed by atoms with Crippen molar-refractivity contribution in [2.45, 2.75) is 51.0 Å². The molecule has 4 unspecified atom stereocenters. The van der Waals surface area contributed by atoms with Gasteiger partial charge in [-0.2, -0.15) is 0 Å². The highest BCUT2D eigenvalue weighted by molar-refractivity contribution is 7.10. The van der Waals surface area contributed by atoms with Crippen LogP contribution in [0.5, 0.6) is 0 Å². The zero-order valence-corrected chi connectivity index (χ0v) is 16.3. The molecule has 5 fully saturated rings. The second-order valence-electron chi connectivity index (χ2n) is 8.66. The summed E-state index contributed by atoms with van der Waals surface area (Å²) in [6.45, 7) is 6.69. The molecule has 0 radical (unpaired) electrons. The molecule has 5 aliphatic rings. The highest BCUT2D eigenvalue weighted by Gasteiger charge is 2.60. The number of thiophene rings is 1. The van der Waals surface area contributed by atoms with Gasteiger partial charge in [0.25, 0.3) is 0 Å². The molecule has 4 aliphatic carbocycles. The first-order valence-corrected chi connectivity index (χ1v) is 10.5. The maximum absolute atomic E-state index is 5.63. The number of rotatable bonds is 3. The molecule has 1 aliphatic heterocycles. The number of halogens is 1. The fourth-order valence-corrected chi connectivity index (χ4v) is 8.06. The molecule has 1 saturated heterocycles. The average Bonchev–Trinajstić information content (AvgIpc) is 3.08. The van der Waals surface area contributed by atoms with Gasteiger partial charge in [-0.15, -0.1) is 23.7 Å². The van der Waals surface area contributed by atoms with E-state index in [0.29, 0.717) is 11.5 Å². The van der Waals surface area contributed by atoms with E-state index in [1.807, 2.05) is 11.3 Å². The van der Waals surface area contributed by atoms with Crippen molar-refractivity contribution in [1.29, 1.82) is 0 Å². The first-order valence-electron chi connectivity index (χ1n) is 9.61. The quantitative estimate of drug-likeness (QED) is 0.760. The van der Waals surface area contributed by atoms with Crippen LogP contribution in [0, 0.1) is 23.2 Å². The number of hydrogen-bond acceptors (Lipinski definition) is 3. The summed E-state index contributed by atoms with van der Waals surface area (Å²) in [6.07, 6.45) is 7.53. The van der Waals surface area contributed by atoms with Crippen LogP contribution in [-0.4, -0.2) is 37.2 Å². The van der Waals surface area contributed by atoms with Crippen LogP contribution in [-0.2, 0) is 4.74 Å². The lowest BCUT2D eigenvalue weighted by Crippen LogP contribution is -2.61. The van der Waals surface area contributed by atoms with Gasteiger partial charge in [-0.25, -0.2) is 0 Å². The molecule has 0 aromatic carbocycles. The molecule has 4 heteroatoms. The molecule has 0 amide bonds. The Morgan fingerprint density at radius 1 is 1.17 bits per heavy atom. The Labute approximate surface area is 156 Å². The molecule has 4 saturated carbocycles. The summed E-state index contributed by atoms with van der Waals surface area (Å²) in [5.74, 6) is 3.83. The van der Waals surface area contributed by atoms with E-state index in [-0.39, 0.29) is 12.4 Å². The molecule has 6 rings (SSSR count). The van der Waals surface area contributed by atoms with E-state index in [4.69, 9.17) is 4.74 Å². The average molecular weight is 368 g/mol. The molecule has 1 aromatic rings. The maximum atomic E-state index is 5.63. The van der Waals surface area contributed by atoms with Gasteiger partial charge in [0, 0.05) is 29.9 Å². The summed E-state index contributed by atoms with van der Waals surface area (Å²) < 4.78 is 5.63. The maximum Gasteiger partial charge on any atom is 0.0594 e. The third-order valence-corrected chi connectivity index (χ3v) is 8.60. The minimum atomic E-state index is 0. The minimum absolute atomic E-state index is 0. The van der Waals surface area contributed by atoms with E-state index < -0.39 is 0 Å². The van der Waals surface area contributed by atoms with Crippen LogP contribution in [0.2, 0.25) is 0 Å². The van der Waals surface area contributed by atoms with Gasteiger partial charge in [0.05, 0.1) is 13.2 Å². The zero-order valence-electron chi connectivity index (χ0n) is 14.7. The van der Waals surface area contributed by atoms with Gasteiger partial charge in [0.2, 0.25) is 0 Å². The smallest absolute Gasteiger partial charge is 0.0594 e. The Kier molecular flexibility index (Phi) is 4.75. The van der Waals surface area contributed by atoms with Crippen molar-refractivity contribution in [3.63, 3.8) is 0 Å². The highest BCUT2D eigenvalue weighted by Crippen LogP contribution is 2.68. The first-order chi connectivity index (χ1) is 11.3. The summed E-state index contributed by atoms with van der Waals surface area (Å²) in [4.78, 5) is 4.45. The molecule has 4 atom stereocenters. The molecular weight excluding hydrogens is 338 g/mol. The molecule has 24 heavy (non-hydrogen) atoms. The van der Waals surface area contributed by atoms with Gasteiger partial charge in [-0.3, -0.25) is 4.90 Å². The lowest BCUT2D eigenvalue weighted by atomic mass is 9.43. The van der Waals surface area contributed by atoms with Crippen molar-refractivity contribution in [1.82, 2.24) is 4.90 Å². The van der Waals surface area contributed by atoms with Crippen LogP contribution < -0.4 is 0 Å². The summed E-state index contributed by atoms with van der Waals surface area (Å²) >= 11 is 2.02. The Morgan fingerprint density at radius 3 is 2.50 bits per heavy atom. The van der Waals surface area contributed by atoms with Crippen LogP contribution >= 0.6 is 23.7 Å². The molecule has 4 bridgehead atoms. The van der Waals surface area contributed by atoms with E-state index in [1.165, 1.54) is 32.1 Å². The predicted octanol–water partition coefficient (Wildman–Crippen LogP) is 4.80. The monoisotopic (exact) mass is 367 g/mol. The largest absolute Gasteiger partial charge is 0.379 e. The van der Waals surface area contributed by atoms with Crippen LogP contribution in [0.4, 0.5) is 0 Å². The third kappa shape index (κ3) is 2.58. The van der Waals surface area contributed by atoms with Crippen LogP contribution in [0.15, 0.2) is 17.5 Å². The van der Waals surface area contributed by atoms with Crippen molar-refractivity contribution in [3.05, 3.63) is 22.4 Å². The lowest BCUT2D eigenvalue weighted by Gasteiger charge is -2.64. The molecule has 0 spiro atoms. The zero-order chi connectivity index (χ0) is 15.4. The third-order valence-electron chi connectivity index (χ3n) is 7.64. The molecule has 2 heterocycles. The van der Waals surface area contributed by atoms with Crippen LogP contribution in [0.3, 0.4) is 0 Å². The second-order valence-corrected chi connectivity index (χ2v) is 9.64. The number of morpholine rings is 1. The standard InChI is InChI=1S/C20H29NOS.ClH/c1-14(21-4-6-22-7-5-21)20-12-15-9-16(13-20)11-17(10-15)19(20)18-3-2-8-23-18;/h2-3,8,14-17,19H,4-7,9-13H2,1H3;1H. The summed E-state index contributed by atoms with van der Waals surface area (Å²) in [6, 6.07) is 5.43. The van der Waals surface area contributed by atoms with Gasteiger partial charge in [-0.05, 0) is 73.6 Å². The van der Waals surface area contributed by atoms with E-state index in [9.17, 15) is 0 Å². The Morgan fingerprint density at radius 2 is 1.88 bits per heavy atom. The Balaban J connectivity index is 0.00000146. The van der Waals surface area contributed by atoms with E-state index in [2.05, 4.69) is 29.3 Å². The number of nitrogens with zero attached hydrogens (tertiary/aromatic N) is 1. The highest BCUT2D eigenvalue weighted by atomic mass is 35.5. The van der Waals surface area contributed by atoms with Gasteiger partial charge < -0.3 is 4.74 Å². The van der Waals surface area contributed by atoms with Crippen molar-refractivity contribution >= 4 is 23.7 Å². The first kappa shape index (κ1) is 17.3. The molecule has 134 valence electrons. The van der Waals surface area contributed by atoms with Crippen molar-refractivity contribution in [2.75, 3.05) is 26.3 Å². The van der Waals surface area contributed by atoms with Crippen LogP contribution in [0.25, 0.3) is 0 Å². The summed E-state index contributed by atoms with van der Waals surface area (Å²) in [7, 11) is 0. The summed E-state index contributed by atoms with van der Waals surface area (Å²) in [5.41, 5.74) is 0.539. The van der Waals surface area contributed by atoms with Gasteiger partial charge in [0.15, 0.2) is 0 Å². The van der Waals surface area contributed by atoms with E-state index in [0.717, 1.165) is 50.0 Å². The van der Waals surface area contributed by atoms with E-state index in [1.54, 1.807) is 4.88 Å². The Hall–Kier alpha value is -0.0900. The number of hydrogen-bond donors (Lipinski definition) is 0. The lowest BCUT2D eigenvalue weighted by molar-refractivity contribution is -0.126. The topological polar surface area (TPSA) is 12.5 Å². The normalized spacial score (nSPS) is 42.7. The second kappa shape index (κ2) is 6.57. The van der Waals surface area contributed by atoms with Crippen molar-refractivity contribution in [3.8, 4) is 0 Å². The van der Waals surface area contributed by atoms with Gasteiger partial charge in [-0.1, -0.05) is 6.07 Å². The fourth-order valence-electron chi connectivity index (χ4n) is 7.02. The molecule has 1 aromatic heterocycles. The minimum Gasteiger partial charge on any atom is -0.379 e. The van der Waals surface area contributed by atoms with E-state index >= 15 is 0 Å². The predicted molar refractivity (Wildman–Crippen MR) is 102 cm³/mol. The molecule has 0 N–H and O–H groups in total. The van der Waals surface area contributed by atoms with Gasteiger partial charge >= 0.3 is 0 Å².